The lowest BCUT2D eigenvalue weighted by atomic mass is 9.75. The lowest BCUT2D eigenvalue weighted by molar-refractivity contribution is -0.385. The number of amides is 3. The molecule has 1 spiro atoms. The number of imide groups is 1. The van der Waals surface area contributed by atoms with E-state index in [1.807, 2.05) is 11.8 Å². The highest BCUT2D eigenvalue weighted by Crippen LogP contribution is 2.61. The van der Waals surface area contributed by atoms with Gasteiger partial charge in [0.2, 0.25) is 17.7 Å². The zero-order valence-corrected chi connectivity index (χ0v) is 19.3. The summed E-state index contributed by atoms with van der Waals surface area (Å²) in [5, 5.41) is 14.9. The van der Waals surface area contributed by atoms with Crippen molar-refractivity contribution >= 4 is 46.4 Å². The lowest BCUT2D eigenvalue weighted by Crippen LogP contribution is -2.54. The van der Waals surface area contributed by atoms with Gasteiger partial charge >= 0.3 is 0 Å². The van der Waals surface area contributed by atoms with Gasteiger partial charge in [-0.25, -0.2) is 4.90 Å². The van der Waals surface area contributed by atoms with Gasteiger partial charge in [-0.05, 0) is 50.9 Å². The molecule has 174 valence electrons. The number of benzene rings is 2. The SMILES string of the molecule is Cc1c(N2C(=O)[C@H]3[C@H]4CCCN4[C@@]4(C(=O)Nc5c4ccc(Cl)c5C)[C@@H]3C2=O)cccc1[N+](=O)[O-]. The van der Waals surface area contributed by atoms with Crippen LogP contribution in [0.15, 0.2) is 30.3 Å². The molecule has 6 rings (SSSR count). The molecule has 34 heavy (non-hydrogen) atoms. The van der Waals surface area contributed by atoms with Crippen molar-refractivity contribution in [3.8, 4) is 0 Å². The van der Waals surface area contributed by atoms with E-state index in [2.05, 4.69) is 5.32 Å². The predicted molar refractivity (Wildman–Crippen MR) is 124 cm³/mol. The predicted octanol–water partition coefficient (Wildman–Crippen LogP) is 3.30. The fourth-order valence-corrected chi connectivity index (χ4v) is 6.84. The Kier molecular flexibility index (Phi) is 4.29. The molecule has 3 saturated heterocycles. The Morgan fingerprint density at radius 3 is 2.62 bits per heavy atom. The second-order valence-electron chi connectivity index (χ2n) is 9.41. The zero-order chi connectivity index (χ0) is 24.1. The third-order valence-corrected chi connectivity index (χ3v) is 8.49. The zero-order valence-electron chi connectivity index (χ0n) is 18.5. The summed E-state index contributed by atoms with van der Waals surface area (Å²) in [6, 6.07) is 7.59. The first-order valence-electron chi connectivity index (χ1n) is 11.2. The molecule has 0 aliphatic carbocycles. The van der Waals surface area contributed by atoms with Crippen LogP contribution in [-0.2, 0) is 19.9 Å². The molecule has 9 nitrogen and oxygen atoms in total. The summed E-state index contributed by atoms with van der Waals surface area (Å²) in [6.07, 6.45) is 1.50. The molecule has 0 bridgehead atoms. The molecule has 10 heteroatoms. The first-order valence-corrected chi connectivity index (χ1v) is 11.6. The number of carbonyl (C=O) groups is 3. The van der Waals surface area contributed by atoms with Crippen molar-refractivity contribution in [2.24, 2.45) is 11.8 Å². The maximum absolute atomic E-state index is 14.0. The van der Waals surface area contributed by atoms with Gasteiger partial charge in [0.25, 0.3) is 5.69 Å². The number of nitro benzene ring substituents is 1. The van der Waals surface area contributed by atoms with E-state index in [1.54, 1.807) is 18.2 Å². The molecule has 4 aliphatic heterocycles. The van der Waals surface area contributed by atoms with E-state index < -0.39 is 34.1 Å². The summed E-state index contributed by atoms with van der Waals surface area (Å²) in [5.74, 6) is -2.86. The van der Waals surface area contributed by atoms with Crippen LogP contribution in [0.4, 0.5) is 17.1 Å². The highest BCUT2D eigenvalue weighted by atomic mass is 35.5. The van der Waals surface area contributed by atoms with Crippen LogP contribution in [0.25, 0.3) is 0 Å². The summed E-state index contributed by atoms with van der Waals surface area (Å²) in [5.41, 5.74) is 0.932. The molecule has 2 aromatic rings. The first-order chi connectivity index (χ1) is 16.2. The molecule has 4 atom stereocenters. The average molecular weight is 481 g/mol. The number of halogens is 1. The molecule has 0 unspecified atom stereocenters. The van der Waals surface area contributed by atoms with Crippen LogP contribution < -0.4 is 10.2 Å². The number of rotatable bonds is 2. The standard InChI is InChI=1S/C24H21ClN4O5/c1-11-14(25)9-8-13-20(11)26-23(32)24(13)19-18(17-7-4-10-27(17)24)21(30)28(22(19)31)15-5-3-6-16(12(15)2)29(33)34/h3,5-6,8-9,17-19H,4,7,10H2,1-2H3,(H,26,32)/t17-,18+,19+,24-/m1/s1. The van der Waals surface area contributed by atoms with Gasteiger partial charge in [-0.2, -0.15) is 0 Å². The Labute approximate surface area is 199 Å². The number of carbonyl (C=O) groups excluding carboxylic acids is 3. The van der Waals surface area contributed by atoms with Crippen LogP contribution in [0, 0.1) is 35.8 Å². The smallest absolute Gasteiger partial charge is 0.274 e. The fraction of sp³-hybridized carbons (Fsp3) is 0.375. The van der Waals surface area contributed by atoms with Crippen LogP contribution >= 0.6 is 11.6 Å². The second kappa shape index (κ2) is 6.86. The number of fused-ring (bicyclic) bond motifs is 7. The average Bonchev–Trinajstić information content (AvgIpc) is 3.50. The highest BCUT2D eigenvalue weighted by Gasteiger charge is 2.74. The van der Waals surface area contributed by atoms with Crippen molar-refractivity contribution in [2.45, 2.75) is 38.3 Å². The summed E-state index contributed by atoms with van der Waals surface area (Å²) >= 11 is 6.32. The van der Waals surface area contributed by atoms with Gasteiger partial charge in [0.05, 0.1) is 33.7 Å². The maximum Gasteiger partial charge on any atom is 0.274 e. The topological polar surface area (TPSA) is 113 Å². The lowest BCUT2D eigenvalue weighted by Gasteiger charge is -2.36. The monoisotopic (exact) mass is 480 g/mol. The Balaban J connectivity index is 1.56. The third-order valence-electron chi connectivity index (χ3n) is 8.08. The Bertz CT molecular complexity index is 1340. The van der Waals surface area contributed by atoms with Gasteiger partial charge in [-0.1, -0.05) is 23.7 Å². The normalized spacial score (nSPS) is 29.6. The third kappa shape index (κ3) is 2.31. The number of anilines is 2. The van der Waals surface area contributed by atoms with Crippen LogP contribution in [0.1, 0.15) is 29.5 Å². The molecule has 4 aliphatic rings. The van der Waals surface area contributed by atoms with E-state index in [-0.39, 0.29) is 28.9 Å². The number of nitrogens with one attached hydrogen (secondary N) is 1. The number of nitro groups is 1. The van der Waals surface area contributed by atoms with Crippen molar-refractivity contribution in [1.82, 2.24) is 4.90 Å². The minimum absolute atomic E-state index is 0.165. The van der Waals surface area contributed by atoms with E-state index in [4.69, 9.17) is 11.6 Å². The molecule has 0 radical (unpaired) electrons. The minimum atomic E-state index is -1.31. The van der Waals surface area contributed by atoms with E-state index in [0.29, 0.717) is 34.8 Å². The van der Waals surface area contributed by atoms with Crippen LogP contribution in [0.5, 0.6) is 0 Å². The van der Waals surface area contributed by atoms with Crippen molar-refractivity contribution in [2.75, 3.05) is 16.8 Å². The van der Waals surface area contributed by atoms with Gasteiger partial charge in [0.1, 0.15) is 5.54 Å². The second-order valence-corrected chi connectivity index (χ2v) is 9.82. The van der Waals surface area contributed by atoms with Gasteiger partial charge in [-0.3, -0.25) is 29.4 Å². The molecule has 0 aromatic heterocycles. The molecule has 2 aromatic carbocycles. The molecule has 1 N–H and O–H groups in total. The summed E-state index contributed by atoms with van der Waals surface area (Å²) in [7, 11) is 0. The summed E-state index contributed by atoms with van der Waals surface area (Å²) < 4.78 is 0. The van der Waals surface area contributed by atoms with Gasteiger partial charge < -0.3 is 5.32 Å². The molecule has 0 saturated carbocycles. The molecule has 3 fully saturated rings. The Morgan fingerprint density at radius 2 is 1.88 bits per heavy atom. The van der Waals surface area contributed by atoms with Crippen LogP contribution in [0.2, 0.25) is 5.02 Å². The van der Waals surface area contributed by atoms with E-state index in [1.165, 1.54) is 19.1 Å². The van der Waals surface area contributed by atoms with Crippen molar-refractivity contribution in [1.29, 1.82) is 0 Å². The van der Waals surface area contributed by atoms with Gasteiger partial charge in [-0.15, -0.1) is 0 Å². The molecular formula is C24H21ClN4O5. The minimum Gasteiger partial charge on any atom is -0.324 e. The van der Waals surface area contributed by atoms with E-state index >= 15 is 0 Å². The van der Waals surface area contributed by atoms with E-state index in [9.17, 15) is 24.5 Å². The van der Waals surface area contributed by atoms with Crippen LogP contribution in [0.3, 0.4) is 0 Å². The highest BCUT2D eigenvalue weighted by molar-refractivity contribution is 6.32. The number of nitrogens with zero attached hydrogens (tertiary/aromatic N) is 3. The fourth-order valence-electron chi connectivity index (χ4n) is 6.68. The largest absolute Gasteiger partial charge is 0.324 e. The van der Waals surface area contributed by atoms with Crippen molar-refractivity contribution in [3.63, 3.8) is 0 Å². The first kappa shape index (κ1) is 21.2. The molecular weight excluding hydrogens is 460 g/mol. The van der Waals surface area contributed by atoms with Gasteiger partial charge in [0, 0.05) is 22.7 Å². The summed E-state index contributed by atoms with van der Waals surface area (Å²) in [4.78, 5) is 55.6. The van der Waals surface area contributed by atoms with Crippen LogP contribution in [-0.4, -0.2) is 40.1 Å². The Hall–Kier alpha value is -3.30. The van der Waals surface area contributed by atoms with Gasteiger partial charge in [0.15, 0.2) is 0 Å². The quantitative estimate of drug-likeness (QED) is 0.401. The Morgan fingerprint density at radius 1 is 1.12 bits per heavy atom. The van der Waals surface area contributed by atoms with Crippen molar-refractivity contribution < 1.29 is 19.3 Å². The number of hydrogen-bond donors (Lipinski definition) is 1. The van der Waals surface area contributed by atoms with E-state index in [0.717, 1.165) is 11.3 Å². The number of hydrogen-bond acceptors (Lipinski definition) is 6. The summed E-state index contributed by atoms with van der Waals surface area (Å²) in [6.45, 7) is 3.94. The van der Waals surface area contributed by atoms with Crippen molar-refractivity contribution in [3.05, 3.63) is 62.2 Å². The molecule has 4 heterocycles. The maximum atomic E-state index is 14.0. The molecule has 3 amide bonds.